The van der Waals surface area contributed by atoms with Gasteiger partial charge in [0.2, 0.25) is 5.91 Å². The molecule has 1 saturated carbocycles. The third-order valence-corrected chi connectivity index (χ3v) is 3.35. The molecule has 2 rings (SSSR count). The summed E-state index contributed by atoms with van der Waals surface area (Å²) in [6.07, 6.45) is 1.99. The first-order valence-electron chi connectivity index (χ1n) is 5.59. The van der Waals surface area contributed by atoms with Gasteiger partial charge in [0, 0.05) is 6.04 Å². The molecule has 1 aromatic carbocycles. The number of amides is 2. The molecular formula is C12H12BrFN2O2. The van der Waals surface area contributed by atoms with E-state index in [2.05, 4.69) is 26.6 Å². The van der Waals surface area contributed by atoms with E-state index >= 15 is 0 Å². The third-order valence-electron chi connectivity index (χ3n) is 2.55. The van der Waals surface area contributed by atoms with Crippen LogP contribution in [0.25, 0.3) is 0 Å². The number of rotatable bonds is 4. The van der Waals surface area contributed by atoms with Crippen LogP contribution < -0.4 is 10.6 Å². The highest BCUT2D eigenvalue weighted by Gasteiger charge is 2.23. The fourth-order valence-electron chi connectivity index (χ4n) is 1.44. The van der Waals surface area contributed by atoms with Gasteiger partial charge in [-0.15, -0.1) is 0 Å². The van der Waals surface area contributed by atoms with E-state index in [-0.39, 0.29) is 28.5 Å². The van der Waals surface area contributed by atoms with Gasteiger partial charge in [-0.3, -0.25) is 9.59 Å². The molecule has 96 valence electrons. The predicted octanol–water partition coefficient (Wildman–Crippen LogP) is 1.60. The molecule has 0 aromatic heterocycles. The Hall–Kier alpha value is -1.43. The monoisotopic (exact) mass is 314 g/mol. The molecule has 4 nitrogen and oxygen atoms in total. The molecule has 1 aromatic rings. The van der Waals surface area contributed by atoms with Gasteiger partial charge in [0.15, 0.2) is 0 Å². The van der Waals surface area contributed by atoms with E-state index < -0.39 is 11.7 Å². The van der Waals surface area contributed by atoms with Crippen molar-refractivity contribution < 1.29 is 14.0 Å². The number of halogens is 2. The van der Waals surface area contributed by atoms with Crippen LogP contribution in [-0.2, 0) is 4.79 Å². The minimum Gasteiger partial charge on any atom is -0.352 e. The summed E-state index contributed by atoms with van der Waals surface area (Å²) in [6, 6.07) is 4.44. The second-order valence-electron chi connectivity index (χ2n) is 4.13. The highest BCUT2D eigenvalue weighted by molar-refractivity contribution is 9.10. The molecule has 0 bridgehead atoms. The van der Waals surface area contributed by atoms with Crippen LogP contribution in [0.1, 0.15) is 23.2 Å². The molecule has 2 amide bonds. The number of benzene rings is 1. The lowest BCUT2D eigenvalue weighted by molar-refractivity contribution is -0.120. The van der Waals surface area contributed by atoms with Crippen molar-refractivity contribution in [3.63, 3.8) is 0 Å². The van der Waals surface area contributed by atoms with Gasteiger partial charge >= 0.3 is 0 Å². The second kappa shape index (κ2) is 5.48. The van der Waals surface area contributed by atoms with E-state index in [9.17, 15) is 14.0 Å². The predicted molar refractivity (Wildman–Crippen MR) is 67.6 cm³/mol. The smallest absolute Gasteiger partial charge is 0.252 e. The van der Waals surface area contributed by atoms with Gasteiger partial charge in [0.05, 0.1) is 16.6 Å². The maximum absolute atomic E-state index is 13.2. The molecule has 0 heterocycles. The van der Waals surface area contributed by atoms with Crippen molar-refractivity contribution in [3.05, 3.63) is 34.1 Å². The Labute approximate surface area is 112 Å². The Morgan fingerprint density at radius 1 is 1.39 bits per heavy atom. The fraction of sp³-hybridized carbons (Fsp3) is 0.333. The number of hydrogen-bond donors (Lipinski definition) is 2. The lowest BCUT2D eigenvalue weighted by Crippen LogP contribution is -2.37. The van der Waals surface area contributed by atoms with Crippen molar-refractivity contribution in [2.24, 2.45) is 0 Å². The van der Waals surface area contributed by atoms with E-state index in [1.807, 2.05) is 0 Å². The minimum absolute atomic E-state index is 0.0989. The molecule has 0 spiro atoms. The fourth-order valence-corrected chi connectivity index (χ4v) is 1.89. The lowest BCUT2D eigenvalue weighted by Gasteiger charge is -2.07. The van der Waals surface area contributed by atoms with E-state index in [0.717, 1.165) is 12.8 Å². The first-order valence-corrected chi connectivity index (χ1v) is 6.39. The number of carbonyl (C=O) groups excluding carboxylic acids is 2. The number of nitrogens with one attached hydrogen (secondary N) is 2. The largest absolute Gasteiger partial charge is 0.352 e. The summed E-state index contributed by atoms with van der Waals surface area (Å²) in [5.74, 6) is -1.21. The Kier molecular flexibility index (Phi) is 3.96. The molecular weight excluding hydrogens is 303 g/mol. The van der Waals surface area contributed by atoms with Crippen LogP contribution in [0, 0.1) is 5.82 Å². The summed E-state index contributed by atoms with van der Waals surface area (Å²) in [5.41, 5.74) is 0.175. The Morgan fingerprint density at radius 2 is 2.11 bits per heavy atom. The molecule has 0 radical (unpaired) electrons. The quantitative estimate of drug-likeness (QED) is 0.887. The van der Waals surface area contributed by atoms with Gasteiger partial charge in [0.25, 0.3) is 5.91 Å². The van der Waals surface area contributed by atoms with Crippen molar-refractivity contribution in [1.29, 1.82) is 0 Å². The summed E-state index contributed by atoms with van der Waals surface area (Å²) in [4.78, 5) is 23.1. The molecule has 1 aliphatic rings. The molecule has 6 heteroatoms. The lowest BCUT2D eigenvalue weighted by atomic mass is 10.2. The molecule has 0 saturated heterocycles. The molecule has 18 heavy (non-hydrogen) atoms. The number of hydrogen-bond acceptors (Lipinski definition) is 2. The first-order chi connectivity index (χ1) is 8.58. The summed E-state index contributed by atoms with van der Waals surface area (Å²) in [7, 11) is 0. The summed E-state index contributed by atoms with van der Waals surface area (Å²) >= 11 is 3.00. The Balaban J connectivity index is 1.90. The van der Waals surface area contributed by atoms with Gasteiger partial charge in [-0.2, -0.15) is 0 Å². The highest BCUT2D eigenvalue weighted by atomic mass is 79.9. The zero-order chi connectivity index (χ0) is 13.1. The van der Waals surface area contributed by atoms with Crippen LogP contribution in [-0.4, -0.2) is 24.4 Å². The number of carbonyl (C=O) groups is 2. The molecule has 2 N–H and O–H groups in total. The molecule has 1 fully saturated rings. The molecule has 0 unspecified atom stereocenters. The van der Waals surface area contributed by atoms with E-state index in [1.54, 1.807) is 0 Å². The van der Waals surface area contributed by atoms with Crippen LogP contribution in [0.5, 0.6) is 0 Å². The highest BCUT2D eigenvalue weighted by Crippen LogP contribution is 2.20. The maximum atomic E-state index is 13.2. The molecule has 0 atom stereocenters. The van der Waals surface area contributed by atoms with Gasteiger partial charge in [-0.05, 0) is 40.9 Å². The SMILES string of the molecule is O=C(CNC(=O)c1cccc(F)c1Br)NC1CC1. The van der Waals surface area contributed by atoms with E-state index in [1.165, 1.54) is 18.2 Å². The van der Waals surface area contributed by atoms with Gasteiger partial charge in [-0.25, -0.2) is 4.39 Å². The van der Waals surface area contributed by atoms with Crippen molar-refractivity contribution >= 4 is 27.7 Å². The Bertz CT molecular complexity index is 489. The normalized spacial score (nSPS) is 14.1. The minimum atomic E-state index is -0.509. The zero-order valence-corrected chi connectivity index (χ0v) is 11.1. The van der Waals surface area contributed by atoms with Crippen molar-refractivity contribution in [3.8, 4) is 0 Å². The first kappa shape index (κ1) is 13.0. The van der Waals surface area contributed by atoms with Crippen LogP contribution in [0.15, 0.2) is 22.7 Å². The summed E-state index contributed by atoms with van der Waals surface area (Å²) in [6.45, 7) is -0.0989. The average Bonchev–Trinajstić information content (AvgIpc) is 3.13. The van der Waals surface area contributed by atoms with Crippen molar-refractivity contribution in [2.45, 2.75) is 18.9 Å². The zero-order valence-electron chi connectivity index (χ0n) is 9.50. The van der Waals surface area contributed by atoms with Crippen molar-refractivity contribution in [1.82, 2.24) is 10.6 Å². The standard InChI is InChI=1S/C12H12BrFN2O2/c13-11-8(2-1-3-9(11)14)12(18)15-6-10(17)16-7-4-5-7/h1-3,7H,4-6H2,(H,15,18)(H,16,17). The topological polar surface area (TPSA) is 58.2 Å². The molecule has 1 aliphatic carbocycles. The van der Waals surface area contributed by atoms with Crippen LogP contribution in [0.3, 0.4) is 0 Å². The third kappa shape index (κ3) is 3.29. The van der Waals surface area contributed by atoms with Gasteiger partial charge < -0.3 is 10.6 Å². The average molecular weight is 315 g/mol. The van der Waals surface area contributed by atoms with E-state index in [4.69, 9.17) is 0 Å². The van der Waals surface area contributed by atoms with Gasteiger partial charge in [0.1, 0.15) is 5.82 Å². The van der Waals surface area contributed by atoms with Crippen LogP contribution in [0.4, 0.5) is 4.39 Å². The second-order valence-corrected chi connectivity index (χ2v) is 4.92. The van der Waals surface area contributed by atoms with Crippen LogP contribution in [0.2, 0.25) is 0 Å². The summed E-state index contributed by atoms with van der Waals surface area (Å²) < 4.78 is 13.3. The maximum Gasteiger partial charge on any atom is 0.252 e. The van der Waals surface area contributed by atoms with Crippen LogP contribution >= 0.6 is 15.9 Å². The Morgan fingerprint density at radius 3 is 2.78 bits per heavy atom. The van der Waals surface area contributed by atoms with Crippen molar-refractivity contribution in [2.75, 3.05) is 6.54 Å². The summed E-state index contributed by atoms with van der Waals surface area (Å²) in [5, 5.41) is 5.20. The van der Waals surface area contributed by atoms with Gasteiger partial charge in [-0.1, -0.05) is 6.07 Å². The van der Waals surface area contributed by atoms with E-state index in [0.29, 0.717) is 0 Å². The molecule has 0 aliphatic heterocycles.